The van der Waals surface area contributed by atoms with Gasteiger partial charge in [0.2, 0.25) is 5.91 Å². The molecule has 0 saturated carbocycles. The smallest absolute Gasteiger partial charge is 0.422 e. The Morgan fingerprint density at radius 1 is 1.02 bits per heavy atom. The summed E-state index contributed by atoms with van der Waals surface area (Å²) < 4.78 is 54.4. The number of carbonyl (C=O) groups is 3. The van der Waals surface area contributed by atoms with Crippen LogP contribution in [0.5, 0.6) is 11.5 Å². The van der Waals surface area contributed by atoms with Crippen LogP contribution in [-0.2, 0) is 22.4 Å². The van der Waals surface area contributed by atoms with Crippen molar-refractivity contribution in [1.29, 1.82) is 0 Å². The fourth-order valence-electron chi connectivity index (χ4n) is 4.82. The first kappa shape index (κ1) is 33.5. The van der Waals surface area contributed by atoms with Crippen LogP contribution < -0.4 is 14.4 Å². The van der Waals surface area contributed by atoms with Gasteiger partial charge >= 0.3 is 12.3 Å². The summed E-state index contributed by atoms with van der Waals surface area (Å²) in [6, 6.07) is 9.32. The molecule has 1 aliphatic heterocycles. The van der Waals surface area contributed by atoms with Crippen LogP contribution in [0.3, 0.4) is 0 Å². The predicted octanol–water partition coefficient (Wildman–Crippen LogP) is 5.49. The Morgan fingerprint density at radius 3 is 2.21 bits per heavy atom. The molecule has 1 aliphatic rings. The maximum absolute atomic E-state index is 13.3. The second kappa shape index (κ2) is 13.6. The molecule has 0 radical (unpaired) electrons. The number of rotatable bonds is 10. The van der Waals surface area contributed by atoms with E-state index in [1.807, 2.05) is 13.0 Å². The largest absolute Gasteiger partial charge is 0.488 e. The zero-order chi connectivity index (χ0) is 32.1. The zero-order valence-corrected chi connectivity index (χ0v) is 25.7. The van der Waals surface area contributed by atoms with Gasteiger partial charge in [0.15, 0.2) is 18.1 Å². The van der Waals surface area contributed by atoms with Crippen molar-refractivity contribution in [2.24, 2.45) is 0 Å². The Labute approximate surface area is 250 Å². The van der Waals surface area contributed by atoms with Gasteiger partial charge in [0.25, 0.3) is 5.91 Å². The van der Waals surface area contributed by atoms with Crippen LogP contribution in [0, 0.1) is 0 Å². The van der Waals surface area contributed by atoms with Gasteiger partial charge in [-0.1, -0.05) is 18.2 Å². The first-order valence-corrected chi connectivity index (χ1v) is 14.0. The standard InChI is InChI=1S/C31H40F3N3O6/c1-20(16-22-17-23-12-13-37(21(2)38)27(23)24(18-22)28(39)35(6)7)36(29(40)43-30(3,4)5)14-15-41-25-10-8-9-11-26(25)42-19-31(32,33)34/h8-11,17-18,20H,12-16,19H2,1-7H3/t20-/m1/s1. The molecule has 12 heteroatoms. The number of fused-ring (bicyclic) bond motifs is 1. The monoisotopic (exact) mass is 607 g/mol. The number of nitrogens with zero attached hydrogens (tertiary/aromatic N) is 3. The highest BCUT2D eigenvalue weighted by molar-refractivity contribution is 6.06. The normalized spacial score (nSPS) is 13.7. The summed E-state index contributed by atoms with van der Waals surface area (Å²) in [5.41, 5.74) is 1.95. The summed E-state index contributed by atoms with van der Waals surface area (Å²) in [6.07, 6.45) is -4.12. The number of ether oxygens (including phenoxy) is 3. The summed E-state index contributed by atoms with van der Waals surface area (Å²) >= 11 is 0. The van der Waals surface area contributed by atoms with E-state index >= 15 is 0 Å². The fourth-order valence-corrected chi connectivity index (χ4v) is 4.82. The van der Waals surface area contributed by atoms with E-state index in [2.05, 4.69) is 0 Å². The first-order chi connectivity index (χ1) is 20.0. The van der Waals surface area contributed by atoms with Crippen LogP contribution in [0.15, 0.2) is 36.4 Å². The molecule has 2 aromatic rings. The molecule has 1 atom stereocenters. The Morgan fingerprint density at radius 2 is 1.65 bits per heavy atom. The molecule has 0 saturated heterocycles. The van der Waals surface area contributed by atoms with Gasteiger partial charge in [0.1, 0.15) is 12.2 Å². The molecule has 0 bridgehead atoms. The second-order valence-electron chi connectivity index (χ2n) is 11.7. The highest BCUT2D eigenvalue weighted by Gasteiger charge is 2.32. The van der Waals surface area contributed by atoms with Crippen LogP contribution in [0.2, 0.25) is 0 Å². The van der Waals surface area contributed by atoms with Gasteiger partial charge in [-0.25, -0.2) is 4.79 Å². The van der Waals surface area contributed by atoms with Crippen molar-refractivity contribution in [3.63, 3.8) is 0 Å². The summed E-state index contributed by atoms with van der Waals surface area (Å²) in [5.74, 6) is -0.326. The van der Waals surface area contributed by atoms with Gasteiger partial charge in [-0.2, -0.15) is 13.2 Å². The minimum absolute atomic E-state index is 0.0436. The zero-order valence-electron chi connectivity index (χ0n) is 25.7. The number of halogens is 3. The number of hydrogen-bond acceptors (Lipinski definition) is 6. The maximum Gasteiger partial charge on any atom is 0.422 e. The van der Waals surface area contributed by atoms with Crippen LogP contribution in [0.25, 0.3) is 0 Å². The third-order valence-electron chi connectivity index (χ3n) is 6.66. The summed E-state index contributed by atoms with van der Waals surface area (Å²) in [4.78, 5) is 43.2. The molecule has 0 unspecified atom stereocenters. The van der Waals surface area contributed by atoms with Gasteiger partial charge in [-0.05, 0) is 69.9 Å². The van der Waals surface area contributed by atoms with Gasteiger partial charge in [-0.3, -0.25) is 9.59 Å². The molecule has 0 N–H and O–H groups in total. The van der Waals surface area contributed by atoms with Crippen LogP contribution >= 0.6 is 0 Å². The minimum atomic E-state index is -4.50. The van der Waals surface area contributed by atoms with Gasteiger partial charge in [0, 0.05) is 33.6 Å². The minimum Gasteiger partial charge on any atom is -0.488 e. The third-order valence-corrected chi connectivity index (χ3v) is 6.66. The number of para-hydroxylation sites is 2. The number of anilines is 1. The highest BCUT2D eigenvalue weighted by Crippen LogP contribution is 2.35. The Hall–Kier alpha value is -3.96. The van der Waals surface area contributed by atoms with E-state index < -0.39 is 30.5 Å². The molecule has 1 heterocycles. The SMILES string of the molecule is CC(=O)N1CCc2cc(C[C@@H](C)N(CCOc3ccccc3OCC(F)(F)F)C(=O)OC(C)(C)C)cc(C(=O)N(C)C)c21. The number of carbonyl (C=O) groups excluding carboxylic acids is 3. The summed E-state index contributed by atoms with van der Waals surface area (Å²) in [5, 5.41) is 0. The van der Waals surface area contributed by atoms with E-state index in [-0.39, 0.29) is 36.5 Å². The number of alkyl halides is 3. The molecule has 2 aromatic carbocycles. The Kier molecular flexibility index (Phi) is 10.6. The lowest BCUT2D eigenvalue weighted by molar-refractivity contribution is -0.153. The molecule has 0 spiro atoms. The van der Waals surface area contributed by atoms with Gasteiger partial charge < -0.3 is 28.9 Å². The molecule has 0 fully saturated rings. The highest BCUT2D eigenvalue weighted by atomic mass is 19.4. The molecular formula is C31H40F3N3O6. The topological polar surface area (TPSA) is 88.6 Å². The lowest BCUT2D eigenvalue weighted by Gasteiger charge is -2.32. The van der Waals surface area contributed by atoms with E-state index in [1.165, 1.54) is 34.9 Å². The van der Waals surface area contributed by atoms with Crippen molar-refractivity contribution >= 4 is 23.6 Å². The van der Waals surface area contributed by atoms with E-state index in [9.17, 15) is 27.6 Å². The lowest BCUT2D eigenvalue weighted by atomic mass is 9.97. The summed E-state index contributed by atoms with van der Waals surface area (Å²) in [6.45, 7) is 7.60. The van der Waals surface area contributed by atoms with E-state index in [1.54, 1.807) is 51.9 Å². The molecular weight excluding hydrogens is 567 g/mol. The number of benzene rings is 2. The van der Waals surface area contributed by atoms with Crippen molar-refractivity contribution in [2.45, 2.75) is 65.3 Å². The first-order valence-electron chi connectivity index (χ1n) is 14.0. The van der Waals surface area contributed by atoms with Crippen LogP contribution in [0.1, 0.15) is 56.1 Å². The van der Waals surface area contributed by atoms with Gasteiger partial charge in [-0.15, -0.1) is 0 Å². The second-order valence-corrected chi connectivity index (χ2v) is 11.7. The van der Waals surface area contributed by atoms with Crippen molar-refractivity contribution in [2.75, 3.05) is 45.3 Å². The molecule has 3 rings (SSSR count). The van der Waals surface area contributed by atoms with Crippen molar-refractivity contribution in [3.05, 3.63) is 53.1 Å². The van der Waals surface area contributed by atoms with E-state index in [0.29, 0.717) is 30.6 Å². The maximum atomic E-state index is 13.3. The van der Waals surface area contributed by atoms with Crippen molar-refractivity contribution in [3.8, 4) is 11.5 Å². The van der Waals surface area contributed by atoms with Crippen molar-refractivity contribution in [1.82, 2.24) is 9.80 Å². The average Bonchev–Trinajstić information content (AvgIpc) is 3.32. The Bertz CT molecular complexity index is 1320. The average molecular weight is 608 g/mol. The predicted molar refractivity (Wildman–Crippen MR) is 156 cm³/mol. The van der Waals surface area contributed by atoms with Crippen molar-refractivity contribution < 1.29 is 41.8 Å². The molecule has 236 valence electrons. The Balaban J connectivity index is 1.84. The molecule has 0 aliphatic carbocycles. The molecule has 0 aromatic heterocycles. The summed E-state index contributed by atoms with van der Waals surface area (Å²) in [7, 11) is 3.29. The fraction of sp³-hybridized carbons (Fsp3) is 0.516. The van der Waals surface area contributed by atoms with Crippen LogP contribution in [-0.4, -0.2) is 85.9 Å². The van der Waals surface area contributed by atoms with E-state index in [4.69, 9.17) is 14.2 Å². The lowest BCUT2D eigenvalue weighted by Crippen LogP contribution is -2.45. The van der Waals surface area contributed by atoms with Gasteiger partial charge in [0.05, 0.1) is 17.8 Å². The molecule has 3 amide bonds. The number of hydrogen-bond donors (Lipinski definition) is 0. The molecule has 9 nitrogen and oxygen atoms in total. The molecule has 43 heavy (non-hydrogen) atoms. The quantitative estimate of drug-likeness (QED) is 0.355. The number of amides is 3. The van der Waals surface area contributed by atoms with E-state index in [0.717, 1.165) is 11.1 Å². The van der Waals surface area contributed by atoms with Crippen LogP contribution in [0.4, 0.5) is 23.7 Å². The third kappa shape index (κ3) is 9.26.